The average molecular weight is 215 g/mol. The first kappa shape index (κ1) is 12.9. The molecule has 0 aromatic heterocycles. The molecule has 3 heteroatoms. The lowest BCUT2D eigenvalue weighted by atomic mass is 9.98. The smallest absolute Gasteiger partial charge is 0.0615 e. The van der Waals surface area contributed by atoms with Crippen molar-refractivity contribution < 1.29 is 9.47 Å². The van der Waals surface area contributed by atoms with Crippen LogP contribution >= 0.6 is 0 Å². The number of hydrogen-bond donors (Lipinski definition) is 1. The van der Waals surface area contributed by atoms with Crippen LogP contribution in [0.2, 0.25) is 0 Å². The number of hydrogen-bond acceptors (Lipinski definition) is 3. The van der Waals surface area contributed by atoms with E-state index in [0.717, 1.165) is 25.9 Å². The van der Waals surface area contributed by atoms with Gasteiger partial charge in [-0.1, -0.05) is 6.92 Å². The van der Waals surface area contributed by atoms with Gasteiger partial charge in [0.1, 0.15) is 0 Å². The summed E-state index contributed by atoms with van der Waals surface area (Å²) in [6.45, 7) is 7.31. The molecule has 0 amide bonds. The Balaban J connectivity index is 2.35. The van der Waals surface area contributed by atoms with Crippen molar-refractivity contribution in [1.82, 2.24) is 5.32 Å². The van der Waals surface area contributed by atoms with Crippen LogP contribution in [-0.2, 0) is 9.47 Å². The third-order valence-electron chi connectivity index (χ3n) is 3.03. The number of rotatable bonds is 5. The van der Waals surface area contributed by atoms with E-state index in [-0.39, 0.29) is 0 Å². The van der Waals surface area contributed by atoms with Crippen LogP contribution in [0.3, 0.4) is 0 Å². The third-order valence-corrected chi connectivity index (χ3v) is 3.03. The molecule has 1 saturated heterocycles. The first-order valence-corrected chi connectivity index (χ1v) is 6.06. The van der Waals surface area contributed by atoms with Crippen molar-refractivity contribution in [2.24, 2.45) is 0 Å². The molecule has 0 aliphatic carbocycles. The maximum atomic E-state index is 5.72. The van der Waals surface area contributed by atoms with Crippen LogP contribution in [0.5, 0.6) is 0 Å². The molecule has 1 N–H and O–H groups in total. The summed E-state index contributed by atoms with van der Waals surface area (Å²) < 4.78 is 10.9. The Morgan fingerprint density at radius 1 is 1.33 bits per heavy atom. The molecule has 0 bridgehead atoms. The van der Waals surface area contributed by atoms with Crippen LogP contribution in [0.1, 0.15) is 40.0 Å². The molecule has 3 atom stereocenters. The Morgan fingerprint density at radius 3 is 2.40 bits per heavy atom. The summed E-state index contributed by atoms with van der Waals surface area (Å²) in [4.78, 5) is 0. The maximum Gasteiger partial charge on any atom is 0.0615 e. The summed E-state index contributed by atoms with van der Waals surface area (Å²) in [6, 6.07) is 1.07. The number of ether oxygens (including phenoxy) is 2. The molecule has 0 spiro atoms. The summed E-state index contributed by atoms with van der Waals surface area (Å²) in [5, 5.41) is 3.66. The van der Waals surface area contributed by atoms with E-state index in [1.807, 2.05) is 0 Å². The summed E-state index contributed by atoms with van der Waals surface area (Å²) >= 11 is 0. The van der Waals surface area contributed by atoms with Gasteiger partial charge in [0.25, 0.3) is 0 Å². The van der Waals surface area contributed by atoms with Crippen LogP contribution < -0.4 is 5.32 Å². The Hall–Kier alpha value is -0.120. The van der Waals surface area contributed by atoms with E-state index in [2.05, 4.69) is 26.1 Å². The van der Waals surface area contributed by atoms with Crippen molar-refractivity contribution in [2.45, 2.75) is 64.3 Å². The Morgan fingerprint density at radius 2 is 1.93 bits per heavy atom. The minimum absolute atomic E-state index is 0.381. The van der Waals surface area contributed by atoms with Crippen molar-refractivity contribution in [3.8, 4) is 0 Å². The van der Waals surface area contributed by atoms with E-state index in [9.17, 15) is 0 Å². The van der Waals surface area contributed by atoms with Crippen molar-refractivity contribution in [3.05, 3.63) is 0 Å². The molecule has 15 heavy (non-hydrogen) atoms. The van der Waals surface area contributed by atoms with Crippen molar-refractivity contribution in [3.63, 3.8) is 0 Å². The van der Waals surface area contributed by atoms with Gasteiger partial charge in [-0.25, -0.2) is 0 Å². The van der Waals surface area contributed by atoms with Crippen LogP contribution in [0.4, 0.5) is 0 Å². The largest absolute Gasteiger partial charge is 0.383 e. The molecule has 1 fully saturated rings. The fraction of sp³-hybridized carbons (Fsp3) is 1.00. The van der Waals surface area contributed by atoms with Crippen molar-refractivity contribution in [1.29, 1.82) is 0 Å². The zero-order valence-electron chi connectivity index (χ0n) is 10.5. The Bertz CT molecular complexity index is 165. The second-order valence-electron chi connectivity index (χ2n) is 4.65. The predicted octanol–water partition coefficient (Wildman–Crippen LogP) is 1.96. The van der Waals surface area contributed by atoms with Crippen LogP contribution in [0.25, 0.3) is 0 Å². The Kier molecular flexibility index (Phi) is 5.58. The first-order chi connectivity index (χ1) is 7.15. The fourth-order valence-corrected chi connectivity index (χ4v) is 2.36. The van der Waals surface area contributed by atoms with Crippen LogP contribution in [-0.4, -0.2) is 38.0 Å². The minimum Gasteiger partial charge on any atom is -0.383 e. The Labute approximate surface area is 93.5 Å². The van der Waals surface area contributed by atoms with Gasteiger partial charge in [0.15, 0.2) is 0 Å². The SMILES string of the molecule is CC[C@H](COC)NC1C[C@@H](C)O[C@H](C)C1. The lowest BCUT2D eigenvalue weighted by Gasteiger charge is -2.34. The third kappa shape index (κ3) is 4.49. The van der Waals surface area contributed by atoms with E-state index < -0.39 is 0 Å². The first-order valence-electron chi connectivity index (χ1n) is 6.06. The summed E-state index contributed by atoms with van der Waals surface area (Å²) in [7, 11) is 1.76. The van der Waals surface area contributed by atoms with Gasteiger partial charge in [0, 0.05) is 19.2 Å². The monoisotopic (exact) mass is 215 g/mol. The van der Waals surface area contributed by atoms with Gasteiger partial charge in [-0.15, -0.1) is 0 Å². The molecule has 3 nitrogen and oxygen atoms in total. The van der Waals surface area contributed by atoms with E-state index in [0.29, 0.717) is 24.3 Å². The fourth-order valence-electron chi connectivity index (χ4n) is 2.36. The number of nitrogens with one attached hydrogen (secondary N) is 1. The molecular weight excluding hydrogens is 190 g/mol. The molecule has 0 aromatic carbocycles. The minimum atomic E-state index is 0.381. The molecule has 1 heterocycles. The normalized spacial score (nSPS) is 34.0. The topological polar surface area (TPSA) is 30.5 Å². The van der Waals surface area contributed by atoms with Crippen molar-refractivity contribution >= 4 is 0 Å². The van der Waals surface area contributed by atoms with Gasteiger partial charge in [0.05, 0.1) is 18.8 Å². The van der Waals surface area contributed by atoms with E-state index in [4.69, 9.17) is 9.47 Å². The summed E-state index contributed by atoms with van der Waals surface area (Å²) in [6.07, 6.45) is 4.11. The van der Waals surface area contributed by atoms with E-state index in [1.54, 1.807) is 7.11 Å². The summed E-state index contributed by atoms with van der Waals surface area (Å²) in [5.41, 5.74) is 0. The number of methoxy groups -OCH3 is 1. The van der Waals surface area contributed by atoms with Crippen LogP contribution in [0.15, 0.2) is 0 Å². The second-order valence-corrected chi connectivity index (χ2v) is 4.65. The van der Waals surface area contributed by atoms with Gasteiger partial charge in [-0.3, -0.25) is 0 Å². The molecule has 1 rings (SSSR count). The van der Waals surface area contributed by atoms with Crippen molar-refractivity contribution in [2.75, 3.05) is 13.7 Å². The summed E-state index contributed by atoms with van der Waals surface area (Å²) in [5.74, 6) is 0. The maximum absolute atomic E-state index is 5.72. The predicted molar refractivity (Wildman–Crippen MR) is 62.1 cm³/mol. The van der Waals surface area contributed by atoms with Gasteiger partial charge in [-0.2, -0.15) is 0 Å². The molecule has 0 aromatic rings. The zero-order chi connectivity index (χ0) is 11.3. The molecule has 0 saturated carbocycles. The molecule has 1 aliphatic heterocycles. The molecule has 90 valence electrons. The van der Waals surface area contributed by atoms with Gasteiger partial charge >= 0.3 is 0 Å². The van der Waals surface area contributed by atoms with E-state index in [1.165, 1.54) is 0 Å². The highest BCUT2D eigenvalue weighted by atomic mass is 16.5. The zero-order valence-corrected chi connectivity index (χ0v) is 10.5. The highest BCUT2D eigenvalue weighted by Crippen LogP contribution is 2.19. The second kappa shape index (κ2) is 6.46. The molecule has 0 radical (unpaired) electrons. The lowest BCUT2D eigenvalue weighted by molar-refractivity contribution is -0.0448. The highest BCUT2D eigenvalue weighted by Gasteiger charge is 2.25. The molecular formula is C12H25NO2. The van der Waals surface area contributed by atoms with Gasteiger partial charge in [0.2, 0.25) is 0 Å². The van der Waals surface area contributed by atoms with Crippen LogP contribution in [0, 0.1) is 0 Å². The quantitative estimate of drug-likeness (QED) is 0.760. The average Bonchev–Trinajstić information content (AvgIpc) is 2.15. The molecule has 0 unspecified atom stereocenters. The highest BCUT2D eigenvalue weighted by molar-refractivity contribution is 4.81. The standard InChI is InChI=1S/C12H25NO2/c1-5-11(8-14-4)13-12-6-9(2)15-10(3)7-12/h9-13H,5-8H2,1-4H3/t9-,10-,11-/m1/s1. The lowest BCUT2D eigenvalue weighted by Crippen LogP contribution is -2.47. The van der Waals surface area contributed by atoms with E-state index >= 15 is 0 Å². The van der Waals surface area contributed by atoms with Gasteiger partial charge < -0.3 is 14.8 Å². The molecule has 1 aliphatic rings. The van der Waals surface area contributed by atoms with Gasteiger partial charge in [-0.05, 0) is 33.1 Å².